The van der Waals surface area contributed by atoms with Crippen molar-refractivity contribution in [3.05, 3.63) is 83.1 Å². The molecular weight excluding hydrogens is 414 g/mol. The fourth-order valence-electron chi connectivity index (χ4n) is 3.43. The van der Waals surface area contributed by atoms with Crippen LogP contribution in [0.3, 0.4) is 0 Å². The second-order valence-electron chi connectivity index (χ2n) is 7.54. The molecule has 2 N–H and O–H groups in total. The quantitative estimate of drug-likeness (QED) is 0.469. The molecule has 1 atom stereocenters. The third kappa shape index (κ3) is 4.33. The third-order valence-corrected chi connectivity index (χ3v) is 5.12. The van der Waals surface area contributed by atoms with Gasteiger partial charge in [-0.2, -0.15) is 0 Å². The number of benzene rings is 1. The highest BCUT2D eigenvalue weighted by Crippen LogP contribution is 2.26. The van der Waals surface area contributed by atoms with E-state index >= 15 is 0 Å². The second kappa shape index (κ2) is 8.80. The Hall–Kier alpha value is -3.72. The second-order valence-corrected chi connectivity index (χ2v) is 7.54. The molecule has 0 saturated carbocycles. The van der Waals surface area contributed by atoms with Gasteiger partial charge in [0.05, 0.1) is 41.7 Å². The number of imidazole rings is 1. The minimum Gasteiger partial charge on any atom is -0.390 e. The van der Waals surface area contributed by atoms with Gasteiger partial charge in [0.25, 0.3) is 0 Å². The summed E-state index contributed by atoms with van der Waals surface area (Å²) in [6.07, 6.45) is 3.52. The van der Waals surface area contributed by atoms with Gasteiger partial charge in [-0.15, -0.1) is 10.2 Å². The molecule has 0 spiro atoms. The summed E-state index contributed by atoms with van der Waals surface area (Å²) in [5, 5.41) is 21.4. The number of aliphatic hydroxyl groups is 1. The lowest BCUT2D eigenvalue weighted by Crippen LogP contribution is -2.12. The summed E-state index contributed by atoms with van der Waals surface area (Å²) in [6.45, 7) is 5.25. The molecule has 3 heterocycles. The van der Waals surface area contributed by atoms with E-state index in [1.54, 1.807) is 23.9 Å². The van der Waals surface area contributed by atoms with Crippen LogP contribution in [-0.2, 0) is 6.61 Å². The zero-order valence-electron chi connectivity index (χ0n) is 17.8. The van der Waals surface area contributed by atoms with Crippen LogP contribution in [0.1, 0.15) is 35.5 Å². The van der Waals surface area contributed by atoms with Gasteiger partial charge in [0.15, 0.2) is 5.82 Å². The summed E-state index contributed by atoms with van der Waals surface area (Å²) < 4.78 is 29.0. The van der Waals surface area contributed by atoms with E-state index in [2.05, 4.69) is 25.5 Å². The number of halogens is 2. The Bertz CT molecular complexity index is 1270. The number of nitrogens with one attached hydrogen (secondary N) is 1. The molecule has 0 bridgehead atoms. The van der Waals surface area contributed by atoms with Gasteiger partial charge in [-0.25, -0.2) is 18.7 Å². The standard InChI is InChI=1S/C23H22F2N6O/c1-13-8-20(19-6-7-22(21(11-32)28-19)31-10-14(2)26-12-31)29-30-23(13)27-15(3)17-5-4-16(24)9-18(17)25/h4-10,12,15,32H,11H2,1-3H3,(H,27,30)/t15-/m0/s1. The Morgan fingerprint density at radius 2 is 1.88 bits per heavy atom. The van der Waals surface area contributed by atoms with E-state index in [4.69, 9.17) is 0 Å². The monoisotopic (exact) mass is 436 g/mol. The molecule has 32 heavy (non-hydrogen) atoms. The molecule has 164 valence electrons. The summed E-state index contributed by atoms with van der Waals surface area (Å²) in [4.78, 5) is 8.75. The van der Waals surface area contributed by atoms with E-state index < -0.39 is 17.7 Å². The molecule has 0 aliphatic heterocycles. The topological polar surface area (TPSA) is 88.8 Å². The van der Waals surface area contributed by atoms with Crippen LogP contribution in [-0.4, -0.2) is 29.8 Å². The van der Waals surface area contributed by atoms with Gasteiger partial charge in [0.1, 0.15) is 17.3 Å². The van der Waals surface area contributed by atoms with Crippen LogP contribution >= 0.6 is 0 Å². The molecule has 7 nitrogen and oxygen atoms in total. The van der Waals surface area contributed by atoms with Crippen molar-refractivity contribution in [1.29, 1.82) is 0 Å². The summed E-state index contributed by atoms with van der Waals surface area (Å²) in [5.41, 5.74) is 4.29. The van der Waals surface area contributed by atoms with E-state index in [9.17, 15) is 13.9 Å². The first-order chi connectivity index (χ1) is 15.4. The fourth-order valence-corrected chi connectivity index (χ4v) is 3.43. The van der Waals surface area contributed by atoms with E-state index in [1.165, 1.54) is 12.1 Å². The minimum absolute atomic E-state index is 0.243. The Labute approximate surface area is 183 Å². The molecule has 0 aliphatic carbocycles. The Morgan fingerprint density at radius 1 is 1.06 bits per heavy atom. The van der Waals surface area contributed by atoms with Crippen molar-refractivity contribution in [3.8, 4) is 17.1 Å². The van der Waals surface area contributed by atoms with Crippen molar-refractivity contribution >= 4 is 5.82 Å². The molecule has 0 aliphatic rings. The smallest absolute Gasteiger partial charge is 0.152 e. The van der Waals surface area contributed by atoms with Crippen LogP contribution < -0.4 is 5.32 Å². The average molecular weight is 436 g/mol. The summed E-state index contributed by atoms with van der Waals surface area (Å²) in [7, 11) is 0. The molecule has 0 radical (unpaired) electrons. The average Bonchev–Trinajstić information content (AvgIpc) is 3.20. The minimum atomic E-state index is -0.624. The Morgan fingerprint density at radius 3 is 2.53 bits per heavy atom. The lowest BCUT2D eigenvalue weighted by molar-refractivity contribution is 0.276. The maximum Gasteiger partial charge on any atom is 0.152 e. The van der Waals surface area contributed by atoms with Crippen molar-refractivity contribution in [2.75, 3.05) is 5.32 Å². The molecule has 0 amide bonds. The van der Waals surface area contributed by atoms with Gasteiger partial charge in [0.2, 0.25) is 0 Å². The zero-order valence-corrected chi connectivity index (χ0v) is 17.8. The van der Waals surface area contributed by atoms with Crippen LogP contribution in [0.5, 0.6) is 0 Å². The number of aliphatic hydroxyl groups excluding tert-OH is 1. The van der Waals surface area contributed by atoms with Crippen molar-refractivity contribution in [2.45, 2.75) is 33.4 Å². The molecule has 0 fully saturated rings. The Balaban J connectivity index is 1.59. The third-order valence-electron chi connectivity index (χ3n) is 5.12. The molecule has 4 aromatic rings. The number of nitrogens with zero attached hydrogens (tertiary/aromatic N) is 5. The highest BCUT2D eigenvalue weighted by atomic mass is 19.1. The maximum atomic E-state index is 14.1. The van der Waals surface area contributed by atoms with Gasteiger partial charge in [-0.1, -0.05) is 6.07 Å². The SMILES string of the molecule is Cc1cn(-c2ccc(-c3cc(C)c(N[C@@H](C)c4ccc(F)cc4F)nn3)nc2CO)cn1. The molecule has 1 aromatic carbocycles. The van der Waals surface area contributed by atoms with Crippen LogP contribution in [0.4, 0.5) is 14.6 Å². The number of rotatable bonds is 6. The molecular formula is C23H22F2N6O. The highest BCUT2D eigenvalue weighted by Gasteiger charge is 2.15. The molecule has 3 aromatic heterocycles. The molecule has 0 unspecified atom stereocenters. The number of pyridine rings is 1. The van der Waals surface area contributed by atoms with Crippen LogP contribution in [0.2, 0.25) is 0 Å². The fraction of sp³-hybridized carbons (Fsp3) is 0.217. The van der Waals surface area contributed by atoms with Crippen molar-refractivity contribution in [2.24, 2.45) is 0 Å². The summed E-state index contributed by atoms with van der Waals surface area (Å²) in [5.74, 6) is -0.762. The van der Waals surface area contributed by atoms with E-state index in [-0.39, 0.29) is 6.61 Å². The van der Waals surface area contributed by atoms with Crippen molar-refractivity contribution in [1.82, 2.24) is 24.7 Å². The number of hydrogen-bond donors (Lipinski definition) is 2. The van der Waals surface area contributed by atoms with Gasteiger partial charge >= 0.3 is 0 Å². The van der Waals surface area contributed by atoms with E-state index in [0.29, 0.717) is 28.5 Å². The van der Waals surface area contributed by atoms with Crippen LogP contribution in [0.15, 0.2) is 48.9 Å². The van der Waals surface area contributed by atoms with Crippen molar-refractivity contribution in [3.63, 3.8) is 0 Å². The van der Waals surface area contributed by atoms with Gasteiger partial charge in [0, 0.05) is 17.8 Å². The van der Waals surface area contributed by atoms with Crippen molar-refractivity contribution < 1.29 is 13.9 Å². The molecule has 0 saturated heterocycles. The number of anilines is 1. The van der Waals surface area contributed by atoms with Gasteiger partial charge in [-0.3, -0.25) is 0 Å². The largest absolute Gasteiger partial charge is 0.390 e. The Kier molecular flexibility index (Phi) is 5.91. The van der Waals surface area contributed by atoms with E-state index in [1.807, 2.05) is 32.2 Å². The summed E-state index contributed by atoms with van der Waals surface area (Å²) >= 11 is 0. The lowest BCUT2D eigenvalue weighted by Gasteiger charge is -2.17. The number of aromatic nitrogens is 5. The number of aryl methyl sites for hydroxylation is 2. The first-order valence-corrected chi connectivity index (χ1v) is 10.0. The van der Waals surface area contributed by atoms with Gasteiger partial charge in [-0.05, 0) is 50.6 Å². The predicted molar refractivity (Wildman–Crippen MR) is 116 cm³/mol. The first kappa shape index (κ1) is 21.5. The van der Waals surface area contributed by atoms with Crippen LogP contribution in [0.25, 0.3) is 17.1 Å². The molecule has 4 rings (SSSR count). The zero-order chi connectivity index (χ0) is 22.8. The first-order valence-electron chi connectivity index (χ1n) is 10.0. The predicted octanol–water partition coefficient (Wildman–Crippen LogP) is 4.28. The normalized spacial score (nSPS) is 12.1. The summed E-state index contributed by atoms with van der Waals surface area (Å²) in [6, 6.07) is 8.50. The number of hydrogen-bond acceptors (Lipinski definition) is 6. The van der Waals surface area contributed by atoms with E-state index in [0.717, 1.165) is 23.0 Å². The van der Waals surface area contributed by atoms with Gasteiger partial charge < -0.3 is 15.0 Å². The lowest BCUT2D eigenvalue weighted by atomic mass is 10.1. The van der Waals surface area contributed by atoms with Crippen LogP contribution in [0, 0.1) is 25.5 Å². The highest BCUT2D eigenvalue weighted by molar-refractivity contribution is 5.60. The molecule has 9 heteroatoms. The maximum absolute atomic E-state index is 14.1.